The Labute approximate surface area is 74.9 Å². The van der Waals surface area contributed by atoms with E-state index in [9.17, 15) is 4.79 Å². The highest BCUT2D eigenvalue weighted by molar-refractivity contribution is 5.91. The third-order valence-corrected chi connectivity index (χ3v) is 2.51. The van der Waals surface area contributed by atoms with Crippen molar-refractivity contribution in [3.8, 4) is 0 Å². The summed E-state index contributed by atoms with van der Waals surface area (Å²) in [6, 6.07) is 0. The van der Waals surface area contributed by atoms with E-state index in [1.807, 2.05) is 6.08 Å². The molecular weight excluding hydrogens is 148 g/mol. The normalized spacial score (nSPS) is 24.1. The SMILES string of the molecule is CCCCC1CCCC=CC1=O. The van der Waals surface area contributed by atoms with Gasteiger partial charge in [0, 0.05) is 5.92 Å². The summed E-state index contributed by atoms with van der Waals surface area (Å²) in [5.41, 5.74) is 0. The van der Waals surface area contributed by atoms with E-state index in [0.29, 0.717) is 11.7 Å². The molecule has 1 aliphatic rings. The van der Waals surface area contributed by atoms with Crippen molar-refractivity contribution in [2.75, 3.05) is 0 Å². The Morgan fingerprint density at radius 3 is 3.17 bits per heavy atom. The number of rotatable bonds is 3. The summed E-state index contributed by atoms with van der Waals surface area (Å²) in [5.74, 6) is 0.699. The highest BCUT2D eigenvalue weighted by atomic mass is 16.1. The van der Waals surface area contributed by atoms with Crippen LogP contribution in [0.5, 0.6) is 0 Å². The van der Waals surface area contributed by atoms with Crippen molar-refractivity contribution in [3.05, 3.63) is 12.2 Å². The van der Waals surface area contributed by atoms with Crippen LogP contribution in [0.1, 0.15) is 45.4 Å². The fourth-order valence-electron chi connectivity index (χ4n) is 1.70. The van der Waals surface area contributed by atoms with Crippen LogP contribution in [0.4, 0.5) is 0 Å². The molecule has 68 valence electrons. The average Bonchev–Trinajstić information content (AvgIpc) is 2.27. The fraction of sp³-hybridized carbons (Fsp3) is 0.727. The average molecular weight is 166 g/mol. The summed E-state index contributed by atoms with van der Waals surface area (Å²) in [6.45, 7) is 2.18. The second kappa shape index (κ2) is 5.13. The predicted octanol–water partition coefficient (Wildman–Crippen LogP) is 3.10. The van der Waals surface area contributed by atoms with Gasteiger partial charge in [0.25, 0.3) is 0 Å². The maximum Gasteiger partial charge on any atom is 0.158 e. The Hall–Kier alpha value is -0.590. The topological polar surface area (TPSA) is 17.1 Å². The highest BCUT2D eigenvalue weighted by Gasteiger charge is 2.16. The minimum atomic E-state index is 0.337. The molecule has 0 radical (unpaired) electrons. The Kier molecular flexibility index (Phi) is 4.06. The summed E-state index contributed by atoms with van der Waals surface area (Å²) in [6.07, 6.45) is 10.7. The van der Waals surface area contributed by atoms with Crippen LogP contribution in [-0.4, -0.2) is 5.78 Å². The summed E-state index contributed by atoms with van der Waals surface area (Å²) < 4.78 is 0. The number of allylic oxidation sites excluding steroid dienone is 2. The Morgan fingerprint density at radius 2 is 2.42 bits per heavy atom. The lowest BCUT2D eigenvalue weighted by Crippen LogP contribution is -2.10. The number of hydrogen-bond donors (Lipinski definition) is 0. The Balaban J connectivity index is 2.39. The van der Waals surface area contributed by atoms with Gasteiger partial charge in [-0.2, -0.15) is 0 Å². The van der Waals surface area contributed by atoms with Crippen molar-refractivity contribution >= 4 is 5.78 Å². The zero-order valence-electron chi connectivity index (χ0n) is 7.88. The zero-order chi connectivity index (χ0) is 8.81. The third kappa shape index (κ3) is 2.80. The Bertz CT molecular complexity index is 170. The fourth-order valence-corrected chi connectivity index (χ4v) is 1.70. The number of ketones is 1. The van der Waals surface area contributed by atoms with Crippen LogP contribution in [0.25, 0.3) is 0 Å². The molecule has 0 aromatic carbocycles. The van der Waals surface area contributed by atoms with Gasteiger partial charge in [-0.3, -0.25) is 4.79 Å². The molecule has 0 aromatic heterocycles. The molecule has 1 aliphatic carbocycles. The van der Waals surface area contributed by atoms with Gasteiger partial charge in [-0.15, -0.1) is 0 Å². The molecule has 1 rings (SSSR count). The lowest BCUT2D eigenvalue weighted by molar-refractivity contribution is -0.118. The van der Waals surface area contributed by atoms with Gasteiger partial charge < -0.3 is 0 Å². The van der Waals surface area contributed by atoms with E-state index in [4.69, 9.17) is 0 Å². The monoisotopic (exact) mass is 166 g/mol. The quantitative estimate of drug-likeness (QED) is 0.629. The van der Waals surface area contributed by atoms with Gasteiger partial charge in [-0.25, -0.2) is 0 Å². The van der Waals surface area contributed by atoms with E-state index in [0.717, 1.165) is 19.3 Å². The lowest BCUT2D eigenvalue weighted by Gasteiger charge is -2.10. The molecule has 0 fully saturated rings. The first-order valence-corrected chi connectivity index (χ1v) is 5.05. The van der Waals surface area contributed by atoms with Crippen molar-refractivity contribution in [1.29, 1.82) is 0 Å². The first-order valence-electron chi connectivity index (χ1n) is 5.05. The van der Waals surface area contributed by atoms with E-state index in [1.165, 1.54) is 19.3 Å². The maximum atomic E-state index is 11.4. The molecule has 0 spiro atoms. The van der Waals surface area contributed by atoms with Crippen molar-refractivity contribution < 1.29 is 4.79 Å². The van der Waals surface area contributed by atoms with Crippen LogP contribution >= 0.6 is 0 Å². The summed E-state index contributed by atoms with van der Waals surface area (Å²) >= 11 is 0. The smallest absolute Gasteiger partial charge is 0.158 e. The molecule has 0 heterocycles. The Morgan fingerprint density at radius 1 is 1.58 bits per heavy atom. The number of unbranched alkanes of at least 4 members (excludes halogenated alkanes) is 1. The van der Waals surface area contributed by atoms with Crippen molar-refractivity contribution in [3.63, 3.8) is 0 Å². The van der Waals surface area contributed by atoms with Gasteiger partial charge in [0.05, 0.1) is 0 Å². The molecule has 0 saturated heterocycles. The van der Waals surface area contributed by atoms with Crippen LogP contribution in [-0.2, 0) is 4.79 Å². The van der Waals surface area contributed by atoms with Gasteiger partial charge in [-0.05, 0) is 31.8 Å². The molecule has 0 aliphatic heterocycles. The highest BCUT2D eigenvalue weighted by Crippen LogP contribution is 2.20. The maximum absolute atomic E-state index is 11.4. The molecule has 0 bridgehead atoms. The second-order valence-electron chi connectivity index (χ2n) is 3.57. The predicted molar refractivity (Wildman–Crippen MR) is 51.0 cm³/mol. The molecule has 1 unspecified atom stereocenters. The summed E-state index contributed by atoms with van der Waals surface area (Å²) in [5, 5.41) is 0. The molecule has 0 saturated carbocycles. The molecular formula is C11H18O. The molecule has 0 N–H and O–H groups in total. The van der Waals surface area contributed by atoms with E-state index in [1.54, 1.807) is 6.08 Å². The third-order valence-electron chi connectivity index (χ3n) is 2.51. The van der Waals surface area contributed by atoms with E-state index < -0.39 is 0 Å². The molecule has 0 amide bonds. The van der Waals surface area contributed by atoms with E-state index in [2.05, 4.69) is 6.92 Å². The minimum Gasteiger partial charge on any atom is -0.295 e. The van der Waals surface area contributed by atoms with Crippen LogP contribution in [0, 0.1) is 5.92 Å². The largest absolute Gasteiger partial charge is 0.295 e. The number of carbonyl (C=O) groups is 1. The van der Waals surface area contributed by atoms with Gasteiger partial charge in [0.2, 0.25) is 0 Å². The van der Waals surface area contributed by atoms with Crippen molar-refractivity contribution in [2.24, 2.45) is 5.92 Å². The van der Waals surface area contributed by atoms with Gasteiger partial charge in [-0.1, -0.05) is 25.8 Å². The summed E-state index contributed by atoms with van der Waals surface area (Å²) in [7, 11) is 0. The van der Waals surface area contributed by atoms with Crippen molar-refractivity contribution in [1.82, 2.24) is 0 Å². The molecule has 1 heteroatoms. The zero-order valence-corrected chi connectivity index (χ0v) is 7.88. The number of carbonyl (C=O) groups excluding carboxylic acids is 1. The van der Waals surface area contributed by atoms with Gasteiger partial charge in [0.15, 0.2) is 5.78 Å². The molecule has 1 atom stereocenters. The second-order valence-corrected chi connectivity index (χ2v) is 3.57. The van der Waals surface area contributed by atoms with E-state index in [-0.39, 0.29) is 0 Å². The van der Waals surface area contributed by atoms with Crippen LogP contribution < -0.4 is 0 Å². The van der Waals surface area contributed by atoms with E-state index >= 15 is 0 Å². The summed E-state index contributed by atoms with van der Waals surface area (Å²) in [4.78, 5) is 11.4. The lowest BCUT2D eigenvalue weighted by atomic mass is 9.94. The molecule has 0 aromatic rings. The molecule has 12 heavy (non-hydrogen) atoms. The number of hydrogen-bond acceptors (Lipinski definition) is 1. The first-order chi connectivity index (χ1) is 5.84. The minimum absolute atomic E-state index is 0.337. The van der Waals surface area contributed by atoms with Crippen LogP contribution in [0.3, 0.4) is 0 Å². The standard InChI is InChI=1S/C11H18O/c1-2-3-7-10-8-5-4-6-9-11(10)12/h6,9-10H,2-5,7-8H2,1H3. The molecule has 1 nitrogen and oxygen atoms in total. The van der Waals surface area contributed by atoms with Gasteiger partial charge in [0.1, 0.15) is 0 Å². The van der Waals surface area contributed by atoms with Crippen LogP contribution in [0.2, 0.25) is 0 Å². The first kappa shape index (κ1) is 9.50. The van der Waals surface area contributed by atoms with Crippen LogP contribution in [0.15, 0.2) is 12.2 Å². The van der Waals surface area contributed by atoms with Gasteiger partial charge >= 0.3 is 0 Å². The van der Waals surface area contributed by atoms with Crippen molar-refractivity contribution in [2.45, 2.75) is 45.4 Å².